The van der Waals surface area contributed by atoms with Crippen LogP contribution in [0.1, 0.15) is 11.4 Å². The van der Waals surface area contributed by atoms with Gasteiger partial charge in [0.15, 0.2) is 0 Å². The predicted molar refractivity (Wildman–Crippen MR) is 51.6 cm³/mol. The van der Waals surface area contributed by atoms with Gasteiger partial charge in [0.1, 0.15) is 5.69 Å². The molecule has 0 aliphatic rings. The molecule has 0 saturated heterocycles. The molecule has 0 amide bonds. The summed E-state index contributed by atoms with van der Waals surface area (Å²) in [5, 5.41) is 6.40. The maximum Gasteiger partial charge on any atom is 0.433 e. The first kappa shape index (κ1) is 10.7. The van der Waals surface area contributed by atoms with E-state index in [1.54, 1.807) is 6.92 Å². The lowest BCUT2D eigenvalue weighted by molar-refractivity contribution is -0.141. The van der Waals surface area contributed by atoms with Crippen LogP contribution in [-0.4, -0.2) is 15.2 Å². The Labute approximate surface area is 89.3 Å². The van der Waals surface area contributed by atoms with Gasteiger partial charge in [0, 0.05) is 11.3 Å². The van der Waals surface area contributed by atoms with Gasteiger partial charge in [-0.3, -0.25) is 5.10 Å². The van der Waals surface area contributed by atoms with Gasteiger partial charge < -0.3 is 0 Å². The van der Waals surface area contributed by atoms with Crippen molar-refractivity contribution >= 4 is 0 Å². The van der Waals surface area contributed by atoms with Gasteiger partial charge in [0.2, 0.25) is 0 Å². The van der Waals surface area contributed by atoms with Crippen LogP contribution >= 0.6 is 0 Å². The summed E-state index contributed by atoms with van der Waals surface area (Å²) in [5.41, 5.74) is 0.629. The summed E-state index contributed by atoms with van der Waals surface area (Å²) in [6.45, 7) is 1.73. The van der Waals surface area contributed by atoms with Crippen LogP contribution < -0.4 is 0 Å². The molecule has 0 fully saturated rings. The summed E-state index contributed by atoms with van der Waals surface area (Å²) in [6, 6.07) is 3.80. The number of H-pyrrole nitrogens is 1. The fraction of sp³-hybridized carbons (Fsp3) is 0.200. The fourth-order valence-corrected chi connectivity index (χ4v) is 1.35. The molecule has 2 rings (SSSR count). The molecule has 16 heavy (non-hydrogen) atoms. The maximum atomic E-state index is 12.4. The Morgan fingerprint density at radius 1 is 1.25 bits per heavy atom. The lowest BCUT2D eigenvalue weighted by atomic mass is 10.1. The third-order valence-electron chi connectivity index (χ3n) is 2.15. The number of pyridine rings is 1. The second-order valence-corrected chi connectivity index (χ2v) is 3.31. The molecule has 0 bridgehead atoms. The van der Waals surface area contributed by atoms with E-state index >= 15 is 0 Å². The van der Waals surface area contributed by atoms with Crippen molar-refractivity contribution in [2.45, 2.75) is 13.1 Å². The van der Waals surface area contributed by atoms with Gasteiger partial charge in [0.05, 0.1) is 11.9 Å². The van der Waals surface area contributed by atoms with E-state index in [-0.39, 0.29) is 5.69 Å². The van der Waals surface area contributed by atoms with Crippen molar-refractivity contribution in [3.63, 3.8) is 0 Å². The third kappa shape index (κ3) is 1.91. The van der Waals surface area contributed by atoms with Gasteiger partial charge in [-0.25, -0.2) is 4.98 Å². The van der Waals surface area contributed by atoms with E-state index < -0.39 is 11.9 Å². The van der Waals surface area contributed by atoms with Gasteiger partial charge in [-0.05, 0) is 19.1 Å². The van der Waals surface area contributed by atoms with E-state index in [1.165, 1.54) is 18.3 Å². The maximum absolute atomic E-state index is 12.4. The molecular weight excluding hydrogens is 219 g/mol. The molecule has 1 N–H and O–H groups in total. The SMILES string of the molecule is Cc1[nH]ncc1-c1cccc(C(F)(F)F)n1. The predicted octanol–water partition coefficient (Wildman–Crippen LogP) is 2.80. The van der Waals surface area contributed by atoms with E-state index in [2.05, 4.69) is 15.2 Å². The van der Waals surface area contributed by atoms with Gasteiger partial charge in [-0.1, -0.05) is 6.07 Å². The van der Waals surface area contributed by atoms with Crippen LogP contribution in [0.25, 0.3) is 11.3 Å². The number of hydrogen-bond donors (Lipinski definition) is 1. The number of aromatic nitrogens is 3. The fourth-order valence-electron chi connectivity index (χ4n) is 1.35. The Bertz CT molecular complexity index is 502. The summed E-state index contributed by atoms with van der Waals surface area (Å²) in [5.74, 6) is 0. The van der Waals surface area contributed by atoms with E-state index in [0.717, 1.165) is 6.07 Å². The van der Waals surface area contributed by atoms with E-state index in [4.69, 9.17) is 0 Å². The van der Waals surface area contributed by atoms with Gasteiger partial charge in [-0.15, -0.1) is 0 Å². The molecule has 6 heteroatoms. The monoisotopic (exact) mass is 227 g/mol. The normalized spacial score (nSPS) is 11.8. The zero-order valence-electron chi connectivity index (χ0n) is 8.34. The van der Waals surface area contributed by atoms with Gasteiger partial charge in [-0.2, -0.15) is 18.3 Å². The second kappa shape index (κ2) is 3.62. The average molecular weight is 227 g/mol. The Balaban J connectivity index is 2.49. The van der Waals surface area contributed by atoms with E-state index in [0.29, 0.717) is 11.3 Å². The first-order valence-electron chi connectivity index (χ1n) is 4.53. The van der Waals surface area contributed by atoms with Crippen LogP contribution in [0.15, 0.2) is 24.4 Å². The first-order chi connectivity index (χ1) is 7.48. The van der Waals surface area contributed by atoms with Crippen LogP contribution in [-0.2, 0) is 6.18 Å². The number of rotatable bonds is 1. The molecule has 84 valence electrons. The van der Waals surface area contributed by atoms with Crippen LogP contribution in [0.3, 0.4) is 0 Å². The Kier molecular flexibility index (Phi) is 2.41. The van der Waals surface area contributed by atoms with Crippen LogP contribution in [0.2, 0.25) is 0 Å². The summed E-state index contributed by atoms with van der Waals surface area (Å²) in [7, 11) is 0. The molecule has 0 saturated carbocycles. The minimum atomic E-state index is -4.42. The lowest BCUT2D eigenvalue weighted by Gasteiger charge is -2.06. The van der Waals surface area contributed by atoms with Crippen molar-refractivity contribution in [2.75, 3.05) is 0 Å². The molecule has 0 radical (unpaired) electrons. The highest BCUT2D eigenvalue weighted by atomic mass is 19.4. The molecule has 2 heterocycles. The largest absolute Gasteiger partial charge is 0.433 e. The Morgan fingerprint density at radius 3 is 2.56 bits per heavy atom. The zero-order valence-corrected chi connectivity index (χ0v) is 8.34. The van der Waals surface area contributed by atoms with E-state index in [1.807, 2.05) is 0 Å². The highest BCUT2D eigenvalue weighted by Gasteiger charge is 2.32. The molecule has 0 atom stereocenters. The van der Waals surface area contributed by atoms with Crippen molar-refractivity contribution in [3.05, 3.63) is 35.8 Å². The van der Waals surface area contributed by atoms with Gasteiger partial charge >= 0.3 is 6.18 Å². The molecule has 0 aliphatic carbocycles. The number of nitrogens with one attached hydrogen (secondary N) is 1. The molecule has 0 aromatic carbocycles. The van der Waals surface area contributed by atoms with E-state index in [9.17, 15) is 13.2 Å². The minimum Gasteiger partial charge on any atom is -0.282 e. The van der Waals surface area contributed by atoms with Crippen molar-refractivity contribution in [2.24, 2.45) is 0 Å². The topological polar surface area (TPSA) is 41.6 Å². The zero-order chi connectivity index (χ0) is 11.8. The second-order valence-electron chi connectivity index (χ2n) is 3.31. The van der Waals surface area contributed by atoms with Gasteiger partial charge in [0.25, 0.3) is 0 Å². The molecule has 3 nitrogen and oxygen atoms in total. The van der Waals surface area contributed by atoms with Crippen molar-refractivity contribution < 1.29 is 13.2 Å². The number of aryl methyl sites for hydroxylation is 1. The summed E-state index contributed by atoms with van der Waals surface area (Å²) >= 11 is 0. The number of alkyl halides is 3. The number of halogens is 3. The van der Waals surface area contributed by atoms with Crippen molar-refractivity contribution in [1.29, 1.82) is 0 Å². The molecule has 0 aliphatic heterocycles. The highest BCUT2D eigenvalue weighted by molar-refractivity contribution is 5.60. The summed E-state index contributed by atoms with van der Waals surface area (Å²) < 4.78 is 37.3. The number of hydrogen-bond acceptors (Lipinski definition) is 2. The summed E-state index contributed by atoms with van der Waals surface area (Å²) in [6.07, 6.45) is -2.97. The first-order valence-corrected chi connectivity index (χ1v) is 4.53. The molecule has 2 aromatic heterocycles. The van der Waals surface area contributed by atoms with Crippen LogP contribution in [0.4, 0.5) is 13.2 Å². The highest BCUT2D eigenvalue weighted by Crippen LogP contribution is 2.29. The third-order valence-corrected chi connectivity index (χ3v) is 2.15. The van der Waals surface area contributed by atoms with Crippen molar-refractivity contribution in [1.82, 2.24) is 15.2 Å². The molecule has 0 unspecified atom stereocenters. The minimum absolute atomic E-state index is 0.265. The number of aromatic amines is 1. The summed E-state index contributed by atoms with van der Waals surface area (Å²) in [4.78, 5) is 3.56. The Morgan fingerprint density at radius 2 is 2.00 bits per heavy atom. The Hall–Kier alpha value is -1.85. The standard InChI is InChI=1S/C10H8F3N3/c1-6-7(5-14-16-6)8-3-2-4-9(15-8)10(11,12)13/h2-5H,1H3,(H,14,16). The van der Waals surface area contributed by atoms with Crippen molar-refractivity contribution in [3.8, 4) is 11.3 Å². The average Bonchev–Trinajstić information content (AvgIpc) is 2.63. The smallest absolute Gasteiger partial charge is 0.282 e. The molecule has 0 spiro atoms. The lowest BCUT2D eigenvalue weighted by Crippen LogP contribution is -2.08. The molecular formula is C10H8F3N3. The quantitative estimate of drug-likeness (QED) is 0.813. The van der Waals surface area contributed by atoms with Crippen LogP contribution in [0.5, 0.6) is 0 Å². The van der Waals surface area contributed by atoms with Crippen LogP contribution in [0, 0.1) is 6.92 Å². The number of nitrogens with zero attached hydrogens (tertiary/aromatic N) is 2. The molecule has 2 aromatic rings.